The zero-order valence-electron chi connectivity index (χ0n) is 14.6. The standard InChI is InChI=1S/C16H17F9O4/c17-13(18,14(19,20)15(21,22)16(23,24)25)7-6-9(11(26)27)10(12(28)29)8-4-2-1-3-5-8/h8H,1-7H2,(H,26,27)(H,28,29)/p-2/b10-9+. The van der Waals surface area contributed by atoms with E-state index in [1.807, 2.05) is 0 Å². The van der Waals surface area contributed by atoms with Gasteiger partial charge in [0, 0.05) is 6.42 Å². The molecule has 0 aromatic carbocycles. The van der Waals surface area contributed by atoms with Crippen LogP contribution in [0.4, 0.5) is 39.5 Å². The van der Waals surface area contributed by atoms with E-state index in [0.29, 0.717) is 19.3 Å². The first-order valence-electron chi connectivity index (χ1n) is 8.33. The number of halogens is 9. The molecule has 29 heavy (non-hydrogen) atoms. The molecule has 0 spiro atoms. The van der Waals surface area contributed by atoms with Crippen LogP contribution in [-0.2, 0) is 9.59 Å². The molecule has 0 amide bonds. The van der Waals surface area contributed by atoms with Gasteiger partial charge in [0.05, 0.1) is 11.9 Å². The largest absolute Gasteiger partial charge is 0.545 e. The van der Waals surface area contributed by atoms with E-state index in [0.717, 1.165) is 0 Å². The van der Waals surface area contributed by atoms with Crippen molar-refractivity contribution in [3.63, 3.8) is 0 Å². The lowest BCUT2D eigenvalue weighted by Gasteiger charge is -2.34. The van der Waals surface area contributed by atoms with Crippen molar-refractivity contribution in [3.8, 4) is 0 Å². The lowest BCUT2D eigenvalue weighted by molar-refractivity contribution is -0.396. The van der Waals surface area contributed by atoms with Crippen molar-refractivity contribution in [2.24, 2.45) is 5.92 Å². The third kappa shape index (κ3) is 4.97. The predicted octanol–water partition coefficient (Wildman–Crippen LogP) is 2.61. The summed E-state index contributed by atoms with van der Waals surface area (Å²) in [6.45, 7) is 0. The molecule has 0 N–H and O–H groups in total. The molecule has 0 radical (unpaired) electrons. The van der Waals surface area contributed by atoms with Gasteiger partial charge in [-0.15, -0.1) is 0 Å². The highest BCUT2D eigenvalue weighted by Crippen LogP contribution is 2.54. The summed E-state index contributed by atoms with van der Waals surface area (Å²) in [5.74, 6) is -25.5. The molecule has 0 aromatic rings. The zero-order valence-corrected chi connectivity index (χ0v) is 14.6. The summed E-state index contributed by atoms with van der Waals surface area (Å²) in [6, 6.07) is 0. The molecule has 168 valence electrons. The van der Waals surface area contributed by atoms with Gasteiger partial charge in [0.1, 0.15) is 0 Å². The van der Waals surface area contributed by atoms with Gasteiger partial charge in [0.2, 0.25) is 0 Å². The van der Waals surface area contributed by atoms with Gasteiger partial charge in [-0.1, -0.05) is 19.3 Å². The minimum Gasteiger partial charge on any atom is -0.545 e. The van der Waals surface area contributed by atoms with Crippen LogP contribution in [0.1, 0.15) is 44.9 Å². The molecule has 4 nitrogen and oxygen atoms in total. The van der Waals surface area contributed by atoms with Crippen molar-refractivity contribution in [2.45, 2.75) is 68.9 Å². The second kappa shape index (κ2) is 8.42. The quantitative estimate of drug-likeness (QED) is 0.428. The summed E-state index contributed by atoms with van der Waals surface area (Å²) in [6.07, 6.45) is -9.48. The Morgan fingerprint density at radius 1 is 0.759 bits per heavy atom. The molecule has 1 fully saturated rings. The highest BCUT2D eigenvalue weighted by Gasteiger charge is 2.81. The maximum atomic E-state index is 13.6. The van der Waals surface area contributed by atoms with Crippen LogP contribution in [0, 0.1) is 5.92 Å². The second-order valence-corrected chi connectivity index (χ2v) is 6.65. The third-order valence-corrected chi connectivity index (χ3v) is 4.70. The van der Waals surface area contributed by atoms with Crippen LogP contribution in [0.3, 0.4) is 0 Å². The van der Waals surface area contributed by atoms with Crippen LogP contribution in [-0.4, -0.2) is 35.9 Å². The van der Waals surface area contributed by atoms with Crippen molar-refractivity contribution in [2.75, 3.05) is 0 Å². The Morgan fingerprint density at radius 2 is 1.24 bits per heavy atom. The molecule has 0 aliphatic heterocycles. The van der Waals surface area contributed by atoms with Gasteiger partial charge >= 0.3 is 23.9 Å². The minimum absolute atomic E-state index is 0.110. The summed E-state index contributed by atoms with van der Waals surface area (Å²) < 4.78 is 116. The average Bonchev–Trinajstić information content (AvgIpc) is 2.57. The van der Waals surface area contributed by atoms with Gasteiger partial charge < -0.3 is 19.8 Å². The van der Waals surface area contributed by atoms with Crippen LogP contribution in [0.25, 0.3) is 0 Å². The molecular formula is C16H15F9O4-2. The summed E-state index contributed by atoms with van der Waals surface area (Å²) in [7, 11) is 0. The van der Waals surface area contributed by atoms with E-state index >= 15 is 0 Å². The van der Waals surface area contributed by atoms with E-state index in [-0.39, 0.29) is 12.8 Å². The average molecular weight is 442 g/mol. The number of hydrogen-bond acceptors (Lipinski definition) is 4. The molecule has 0 aromatic heterocycles. The molecule has 0 saturated heterocycles. The first kappa shape index (κ1) is 25.1. The smallest absolute Gasteiger partial charge is 0.460 e. The monoisotopic (exact) mass is 442 g/mol. The number of carbonyl (C=O) groups excluding carboxylic acids is 2. The predicted molar refractivity (Wildman–Crippen MR) is 73.7 cm³/mol. The molecule has 1 saturated carbocycles. The maximum absolute atomic E-state index is 13.6. The van der Waals surface area contributed by atoms with Gasteiger partial charge in [-0.05, 0) is 36.3 Å². The van der Waals surface area contributed by atoms with Crippen LogP contribution >= 0.6 is 0 Å². The SMILES string of the molecule is O=C([O-])/C(CCC(F)(F)C(F)(F)C(F)(F)C(F)(F)F)=C(/C(=O)[O-])C1CCCCC1. The van der Waals surface area contributed by atoms with Crippen molar-refractivity contribution >= 4 is 11.9 Å². The highest BCUT2D eigenvalue weighted by molar-refractivity contribution is 5.97. The summed E-state index contributed by atoms with van der Waals surface area (Å²) in [5, 5.41) is 22.5. The Morgan fingerprint density at radius 3 is 1.62 bits per heavy atom. The number of carbonyl (C=O) groups is 2. The van der Waals surface area contributed by atoms with Gasteiger partial charge in [0.15, 0.2) is 0 Å². The third-order valence-electron chi connectivity index (χ3n) is 4.70. The Hall–Kier alpha value is -1.95. The fraction of sp³-hybridized carbons (Fsp3) is 0.750. The van der Waals surface area contributed by atoms with Crippen LogP contribution in [0.2, 0.25) is 0 Å². The van der Waals surface area contributed by atoms with Crippen molar-refractivity contribution < 1.29 is 59.3 Å². The molecule has 13 heteroatoms. The lowest BCUT2D eigenvalue weighted by atomic mass is 9.80. The van der Waals surface area contributed by atoms with E-state index < -0.39 is 65.8 Å². The van der Waals surface area contributed by atoms with Gasteiger partial charge in [0.25, 0.3) is 0 Å². The number of alkyl halides is 9. The molecule has 1 aliphatic rings. The Balaban J connectivity index is 3.26. The number of hydrogen-bond donors (Lipinski definition) is 0. The van der Waals surface area contributed by atoms with Crippen LogP contribution in [0.5, 0.6) is 0 Å². The number of carboxylic acids is 2. The number of carboxylic acid groups (broad SMARTS) is 2. The first-order valence-corrected chi connectivity index (χ1v) is 8.33. The van der Waals surface area contributed by atoms with Gasteiger partial charge in [-0.3, -0.25) is 0 Å². The lowest BCUT2D eigenvalue weighted by Crippen LogP contribution is -2.60. The maximum Gasteiger partial charge on any atom is 0.460 e. The van der Waals surface area contributed by atoms with Crippen LogP contribution in [0.15, 0.2) is 11.1 Å². The molecule has 0 bridgehead atoms. The van der Waals surface area contributed by atoms with Gasteiger partial charge in [-0.25, -0.2) is 0 Å². The first-order chi connectivity index (χ1) is 13.0. The summed E-state index contributed by atoms with van der Waals surface area (Å²) in [5.41, 5.74) is -2.41. The zero-order chi connectivity index (χ0) is 22.8. The Labute approximate surface area is 158 Å². The molecule has 1 aliphatic carbocycles. The highest BCUT2D eigenvalue weighted by atomic mass is 19.4. The summed E-state index contributed by atoms with van der Waals surface area (Å²) >= 11 is 0. The minimum atomic E-state index is -7.12. The molecule has 0 atom stereocenters. The van der Waals surface area contributed by atoms with E-state index in [4.69, 9.17) is 0 Å². The second-order valence-electron chi connectivity index (χ2n) is 6.65. The van der Waals surface area contributed by atoms with Gasteiger partial charge in [-0.2, -0.15) is 39.5 Å². The fourth-order valence-electron chi connectivity index (χ4n) is 3.12. The number of aliphatic carboxylic acids is 2. The molecular weight excluding hydrogens is 427 g/mol. The van der Waals surface area contributed by atoms with E-state index in [9.17, 15) is 59.3 Å². The summed E-state index contributed by atoms with van der Waals surface area (Å²) in [4.78, 5) is 22.5. The van der Waals surface area contributed by atoms with Crippen molar-refractivity contribution in [1.82, 2.24) is 0 Å². The molecule has 0 heterocycles. The van der Waals surface area contributed by atoms with Crippen molar-refractivity contribution in [3.05, 3.63) is 11.1 Å². The fourth-order valence-corrected chi connectivity index (χ4v) is 3.12. The topological polar surface area (TPSA) is 80.3 Å². The van der Waals surface area contributed by atoms with E-state index in [1.165, 1.54) is 0 Å². The Bertz CT molecular complexity index is 662. The van der Waals surface area contributed by atoms with E-state index in [1.54, 1.807) is 0 Å². The molecule has 1 rings (SSSR count). The molecule has 0 unspecified atom stereocenters. The van der Waals surface area contributed by atoms with E-state index in [2.05, 4.69) is 0 Å². The number of rotatable bonds is 8. The van der Waals surface area contributed by atoms with Crippen molar-refractivity contribution in [1.29, 1.82) is 0 Å². The van der Waals surface area contributed by atoms with Crippen LogP contribution < -0.4 is 10.2 Å². The normalized spacial score (nSPS) is 18.4. The Kier molecular flexibility index (Phi) is 7.29.